The zero-order valence-corrected chi connectivity index (χ0v) is 15.1. The first-order valence-electron chi connectivity index (χ1n) is 8.45. The van der Waals surface area contributed by atoms with E-state index >= 15 is 0 Å². The lowest BCUT2D eigenvalue weighted by Crippen LogP contribution is -2.37. The number of benzene rings is 1. The standard InChI is InChI=1S/C18H22N4O2S/c1-21-12-10-19-18(21)25-15-8-6-14(7-9-15)20-16(23)13-22-11-4-2-3-5-17(22)24/h6-10,12H,2-5,11,13H2,1H3,(H,20,23). The van der Waals surface area contributed by atoms with Crippen LogP contribution in [-0.4, -0.2) is 39.4 Å². The van der Waals surface area contributed by atoms with Crippen molar-refractivity contribution in [2.45, 2.75) is 35.7 Å². The van der Waals surface area contributed by atoms with Gasteiger partial charge >= 0.3 is 0 Å². The van der Waals surface area contributed by atoms with E-state index in [1.807, 2.05) is 42.1 Å². The van der Waals surface area contributed by atoms with Crippen molar-refractivity contribution in [1.29, 1.82) is 0 Å². The molecule has 7 heteroatoms. The molecule has 3 rings (SSSR count). The highest BCUT2D eigenvalue weighted by Crippen LogP contribution is 2.26. The highest BCUT2D eigenvalue weighted by Gasteiger charge is 2.19. The van der Waals surface area contributed by atoms with Gasteiger partial charge in [0, 0.05) is 43.0 Å². The molecule has 1 saturated heterocycles. The van der Waals surface area contributed by atoms with Gasteiger partial charge in [0.05, 0.1) is 6.54 Å². The van der Waals surface area contributed by atoms with Crippen LogP contribution in [0, 0.1) is 0 Å². The second-order valence-electron chi connectivity index (χ2n) is 6.12. The molecule has 1 fully saturated rings. The first kappa shape index (κ1) is 17.5. The molecule has 132 valence electrons. The average molecular weight is 358 g/mol. The average Bonchev–Trinajstić information content (AvgIpc) is 2.88. The number of hydrogen-bond acceptors (Lipinski definition) is 4. The topological polar surface area (TPSA) is 67.2 Å². The molecule has 25 heavy (non-hydrogen) atoms. The van der Waals surface area contributed by atoms with Gasteiger partial charge in [0.15, 0.2) is 5.16 Å². The maximum atomic E-state index is 12.2. The maximum absolute atomic E-state index is 12.2. The fraction of sp³-hybridized carbons (Fsp3) is 0.389. The molecule has 0 aliphatic carbocycles. The van der Waals surface area contributed by atoms with Gasteiger partial charge < -0.3 is 14.8 Å². The summed E-state index contributed by atoms with van der Waals surface area (Å²) in [4.78, 5) is 31.2. The van der Waals surface area contributed by atoms with Crippen LogP contribution in [0.4, 0.5) is 5.69 Å². The summed E-state index contributed by atoms with van der Waals surface area (Å²) in [5.74, 6) is -0.0748. The summed E-state index contributed by atoms with van der Waals surface area (Å²) < 4.78 is 1.96. The minimum absolute atomic E-state index is 0.0782. The van der Waals surface area contributed by atoms with E-state index in [0.29, 0.717) is 13.0 Å². The maximum Gasteiger partial charge on any atom is 0.243 e. The van der Waals surface area contributed by atoms with Crippen molar-refractivity contribution < 1.29 is 9.59 Å². The number of likely N-dealkylation sites (tertiary alicyclic amines) is 1. The third kappa shape index (κ3) is 4.85. The molecule has 2 heterocycles. The van der Waals surface area contributed by atoms with Crippen LogP contribution >= 0.6 is 11.8 Å². The number of aryl methyl sites for hydroxylation is 1. The molecular weight excluding hydrogens is 336 g/mol. The van der Waals surface area contributed by atoms with Gasteiger partial charge in [0.2, 0.25) is 11.8 Å². The van der Waals surface area contributed by atoms with E-state index in [0.717, 1.165) is 35.0 Å². The molecule has 2 amide bonds. The molecule has 1 aliphatic heterocycles. The Morgan fingerprint density at radius 1 is 1.24 bits per heavy atom. The van der Waals surface area contributed by atoms with E-state index in [1.54, 1.807) is 22.9 Å². The second-order valence-corrected chi connectivity index (χ2v) is 7.16. The molecular formula is C18H22N4O2S. The van der Waals surface area contributed by atoms with Crippen LogP contribution in [0.1, 0.15) is 25.7 Å². The Balaban J connectivity index is 1.54. The summed E-state index contributed by atoms with van der Waals surface area (Å²) in [5, 5.41) is 3.78. The number of rotatable bonds is 5. The first-order valence-corrected chi connectivity index (χ1v) is 9.26. The number of carbonyl (C=O) groups is 2. The number of imidazole rings is 1. The molecule has 1 aromatic carbocycles. The Bertz CT molecular complexity index is 742. The van der Waals surface area contributed by atoms with E-state index in [4.69, 9.17) is 0 Å². The van der Waals surface area contributed by atoms with Crippen molar-refractivity contribution in [2.75, 3.05) is 18.4 Å². The van der Waals surface area contributed by atoms with Gasteiger partial charge in [0.25, 0.3) is 0 Å². The highest BCUT2D eigenvalue weighted by atomic mass is 32.2. The van der Waals surface area contributed by atoms with Gasteiger partial charge in [-0.05, 0) is 37.1 Å². The molecule has 6 nitrogen and oxygen atoms in total. The van der Waals surface area contributed by atoms with E-state index in [-0.39, 0.29) is 18.4 Å². The zero-order chi connectivity index (χ0) is 17.6. The third-order valence-corrected chi connectivity index (χ3v) is 5.21. The number of anilines is 1. The summed E-state index contributed by atoms with van der Waals surface area (Å²) in [6.45, 7) is 0.800. The minimum atomic E-state index is -0.153. The Morgan fingerprint density at radius 3 is 2.76 bits per heavy atom. The number of nitrogens with zero attached hydrogens (tertiary/aromatic N) is 3. The summed E-state index contributed by atoms with van der Waals surface area (Å²) in [5.41, 5.74) is 0.733. The number of aromatic nitrogens is 2. The van der Waals surface area contributed by atoms with E-state index < -0.39 is 0 Å². The minimum Gasteiger partial charge on any atom is -0.333 e. The molecule has 0 unspecified atom stereocenters. The predicted molar refractivity (Wildman–Crippen MR) is 97.5 cm³/mol. The van der Waals surface area contributed by atoms with Gasteiger partial charge in [-0.3, -0.25) is 9.59 Å². The fourth-order valence-electron chi connectivity index (χ4n) is 2.74. The normalized spacial score (nSPS) is 15.1. The summed E-state index contributed by atoms with van der Waals surface area (Å²) >= 11 is 1.57. The number of hydrogen-bond donors (Lipinski definition) is 1. The van der Waals surface area contributed by atoms with E-state index in [9.17, 15) is 9.59 Å². The molecule has 0 bridgehead atoms. The molecule has 0 spiro atoms. The predicted octanol–water partition coefficient (Wildman–Crippen LogP) is 2.91. The van der Waals surface area contributed by atoms with Crippen LogP contribution < -0.4 is 5.32 Å². The van der Waals surface area contributed by atoms with E-state index in [2.05, 4.69) is 10.3 Å². The van der Waals surface area contributed by atoms with Crippen molar-refractivity contribution in [2.24, 2.45) is 7.05 Å². The number of nitrogens with one attached hydrogen (secondary N) is 1. The SMILES string of the molecule is Cn1ccnc1Sc1ccc(NC(=O)CN2CCCCCC2=O)cc1. The number of amides is 2. The van der Waals surface area contributed by atoms with Crippen molar-refractivity contribution in [3.63, 3.8) is 0 Å². The van der Waals surface area contributed by atoms with Crippen LogP contribution in [0.3, 0.4) is 0 Å². The quantitative estimate of drug-likeness (QED) is 0.892. The summed E-state index contributed by atoms with van der Waals surface area (Å²) in [7, 11) is 1.95. The highest BCUT2D eigenvalue weighted by molar-refractivity contribution is 7.99. The summed E-state index contributed by atoms with van der Waals surface area (Å²) in [6, 6.07) is 7.64. The lowest BCUT2D eigenvalue weighted by molar-refractivity contribution is -0.134. The molecule has 0 atom stereocenters. The molecule has 2 aromatic rings. The monoisotopic (exact) mass is 358 g/mol. The van der Waals surface area contributed by atoms with Crippen LogP contribution in [0.25, 0.3) is 0 Å². The van der Waals surface area contributed by atoms with Gasteiger partial charge in [-0.1, -0.05) is 18.2 Å². The zero-order valence-electron chi connectivity index (χ0n) is 14.3. The third-order valence-electron chi connectivity index (χ3n) is 4.13. The molecule has 1 N–H and O–H groups in total. The van der Waals surface area contributed by atoms with Crippen LogP contribution in [0.15, 0.2) is 46.7 Å². The molecule has 1 aliphatic rings. The number of carbonyl (C=O) groups excluding carboxylic acids is 2. The van der Waals surface area contributed by atoms with Gasteiger partial charge in [0.1, 0.15) is 0 Å². The van der Waals surface area contributed by atoms with Gasteiger partial charge in [-0.25, -0.2) is 4.98 Å². The Kier molecular flexibility index (Phi) is 5.75. The van der Waals surface area contributed by atoms with Gasteiger partial charge in [-0.2, -0.15) is 0 Å². The lowest BCUT2D eigenvalue weighted by Gasteiger charge is -2.19. The Labute approximate surface area is 151 Å². The van der Waals surface area contributed by atoms with Crippen LogP contribution in [0.2, 0.25) is 0 Å². The van der Waals surface area contributed by atoms with Crippen LogP contribution in [0.5, 0.6) is 0 Å². The van der Waals surface area contributed by atoms with Crippen molar-refractivity contribution >= 4 is 29.3 Å². The first-order chi connectivity index (χ1) is 12.1. The van der Waals surface area contributed by atoms with Crippen molar-refractivity contribution in [3.05, 3.63) is 36.7 Å². The fourth-order valence-corrected chi connectivity index (χ4v) is 3.54. The lowest BCUT2D eigenvalue weighted by atomic mass is 10.2. The van der Waals surface area contributed by atoms with E-state index in [1.165, 1.54) is 0 Å². The Morgan fingerprint density at radius 2 is 2.04 bits per heavy atom. The van der Waals surface area contributed by atoms with Crippen LogP contribution in [-0.2, 0) is 16.6 Å². The second kappa shape index (κ2) is 8.20. The Hall–Kier alpha value is -2.28. The van der Waals surface area contributed by atoms with Crippen molar-refractivity contribution in [3.8, 4) is 0 Å². The van der Waals surface area contributed by atoms with Crippen molar-refractivity contribution in [1.82, 2.24) is 14.5 Å². The molecule has 1 aromatic heterocycles. The van der Waals surface area contributed by atoms with Gasteiger partial charge in [-0.15, -0.1) is 0 Å². The smallest absolute Gasteiger partial charge is 0.243 e. The molecule has 0 radical (unpaired) electrons. The summed E-state index contributed by atoms with van der Waals surface area (Å²) in [6.07, 6.45) is 7.16. The largest absolute Gasteiger partial charge is 0.333 e. The molecule has 0 saturated carbocycles.